The van der Waals surface area contributed by atoms with Gasteiger partial charge in [-0.15, -0.1) is 0 Å². The molecule has 104 valence electrons. The molecule has 19 heavy (non-hydrogen) atoms. The Bertz CT molecular complexity index is 418. The van der Waals surface area contributed by atoms with Gasteiger partial charge in [0.25, 0.3) is 5.91 Å². The van der Waals surface area contributed by atoms with E-state index in [0.29, 0.717) is 5.56 Å². The van der Waals surface area contributed by atoms with Crippen LogP contribution in [0, 0.1) is 0 Å². The van der Waals surface area contributed by atoms with Crippen LogP contribution in [-0.4, -0.2) is 47.3 Å². The van der Waals surface area contributed by atoms with Crippen molar-refractivity contribution in [2.75, 3.05) is 13.2 Å². The summed E-state index contributed by atoms with van der Waals surface area (Å²) in [4.78, 5) is 23.5. The van der Waals surface area contributed by atoms with Crippen LogP contribution in [0.3, 0.4) is 0 Å². The van der Waals surface area contributed by atoms with Gasteiger partial charge in [-0.2, -0.15) is 0 Å². The van der Waals surface area contributed by atoms with Crippen LogP contribution in [0.5, 0.6) is 0 Å². The number of hydrogen-bond acceptors (Lipinski definition) is 4. The Kier molecular flexibility index (Phi) is 5.98. The number of hydrogen-bond donors (Lipinski definition) is 4. The summed E-state index contributed by atoms with van der Waals surface area (Å²) >= 11 is 0. The highest BCUT2D eigenvalue weighted by Gasteiger charge is 2.18. The summed E-state index contributed by atoms with van der Waals surface area (Å²) < 4.78 is 0. The Balaban J connectivity index is 2.52. The zero-order chi connectivity index (χ0) is 14.3. The average molecular weight is 266 g/mol. The van der Waals surface area contributed by atoms with Crippen molar-refractivity contribution in [1.82, 2.24) is 10.6 Å². The van der Waals surface area contributed by atoms with Gasteiger partial charge < -0.3 is 20.8 Å². The number of aliphatic hydroxyl groups excluding tert-OH is 2. The second kappa shape index (κ2) is 7.50. The van der Waals surface area contributed by atoms with Crippen molar-refractivity contribution >= 4 is 11.8 Å². The molecule has 1 rings (SSSR count). The zero-order valence-electron chi connectivity index (χ0n) is 10.7. The lowest BCUT2D eigenvalue weighted by atomic mass is 10.2. The Hall–Kier alpha value is -1.92. The first-order valence-electron chi connectivity index (χ1n) is 5.96. The molecule has 0 aliphatic heterocycles. The fraction of sp³-hybridized carbons (Fsp3) is 0.385. The van der Waals surface area contributed by atoms with Crippen LogP contribution in [0.4, 0.5) is 0 Å². The molecule has 1 unspecified atom stereocenters. The smallest absolute Gasteiger partial charge is 0.251 e. The number of carbonyl (C=O) groups is 2. The highest BCUT2D eigenvalue weighted by Crippen LogP contribution is 1.99. The van der Waals surface area contributed by atoms with Crippen molar-refractivity contribution in [2.24, 2.45) is 0 Å². The summed E-state index contributed by atoms with van der Waals surface area (Å²) in [7, 11) is 0. The number of nitrogens with one attached hydrogen (secondary N) is 2. The molecule has 6 nitrogen and oxygen atoms in total. The van der Waals surface area contributed by atoms with Gasteiger partial charge >= 0.3 is 0 Å². The lowest BCUT2D eigenvalue weighted by Gasteiger charge is -2.18. The van der Waals surface area contributed by atoms with E-state index in [2.05, 4.69) is 10.6 Å². The number of amides is 2. The zero-order valence-corrected chi connectivity index (χ0v) is 10.7. The van der Waals surface area contributed by atoms with Gasteiger partial charge in [0.2, 0.25) is 5.91 Å². The van der Waals surface area contributed by atoms with Gasteiger partial charge in [-0.05, 0) is 19.1 Å². The standard InChI is InChI=1S/C13H18N2O4/c1-9(12(18)15-11(7-16)8-17)14-13(19)10-5-3-2-4-6-10/h2-6,9,11,16-17H,7-8H2,1H3,(H,14,19)(H,15,18). The van der Waals surface area contributed by atoms with Crippen LogP contribution in [-0.2, 0) is 4.79 Å². The van der Waals surface area contributed by atoms with E-state index >= 15 is 0 Å². The second-order valence-electron chi connectivity index (χ2n) is 4.13. The molecule has 1 aromatic rings. The van der Waals surface area contributed by atoms with Crippen molar-refractivity contribution in [3.8, 4) is 0 Å². The third-order valence-electron chi connectivity index (χ3n) is 2.56. The van der Waals surface area contributed by atoms with E-state index in [1.54, 1.807) is 30.3 Å². The molecule has 0 aliphatic rings. The number of carbonyl (C=O) groups excluding carboxylic acids is 2. The Labute approximate surface area is 111 Å². The van der Waals surface area contributed by atoms with Crippen LogP contribution in [0.25, 0.3) is 0 Å². The van der Waals surface area contributed by atoms with Crippen molar-refractivity contribution in [3.63, 3.8) is 0 Å². The Morgan fingerprint density at radius 3 is 2.21 bits per heavy atom. The first-order valence-corrected chi connectivity index (χ1v) is 5.96. The number of rotatable bonds is 6. The third kappa shape index (κ3) is 4.69. The highest BCUT2D eigenvalue weighted by molar-refractivity contribution is 5.97. The molecular formula is C13H18N2O4. The highest BCUT2D eigenvalue weighted by atomic mass is 16.3. The van der Waals surface area contributed by atoms with Crippen LogP contribution < -0.4 is 10.6 Å². The molecule has 0 aromatic heterocycles. The van der Waals surface area contributed by atoms with Gasteiger partial charge in [0, 0.05) is 5.56 Å². The lowest BCUT2D eigenvalue weighted by molar-refractivity contribution is -0.123. The fourth-order valence-corrected chi connectivity index (χ4v) is 1.41. The molecule has 0 radical (unpaired) electrons. The van der Waals surface area contributed by atoms with Crippen molar-refractivity contribution in [3.05, 3.63) is 35.9 Å². The SMILES string of the molecule is CC(NC(=O)c1ccccc1)C(=O)NC(CO)CO. The molecule has 0 fully saturated rings. The van der Waals surface area contributed by atoms with E-state index in [4.69, 9.17) is 10.2 Å². The molecule has 0 spiro atoms. The van der Waals surface area contributed by atoms with E-state index in [0.717, 1.165) is 0 Å². The first-order chi connectivity index (χ1) is 9.08. The molecule has 0 aliphatic carbocycles. The van der Waals surface area contributed by atoms with Crippen molar-refractivity contribution in [1.29, 1.82) is 0 Å². The summed E-state index contributed by atoms with van der Waals surface area (Å²) in [5, 5.41) is 22.7. The lowest BCUT2D eigenvalue weighted by Crippen LogP contribution is -2.50. The van der Waals surface area contributed by atoms with Crippen LogP contribution in [0.2, 0.25) is 0 Å². The minimum absolute atomic E-state index is 0.354. The van der Waals surface area contributed by atoms with Crippen LogP contribution >= 0.6 is 0 Å². The fourth-order valence-electron chi connectivity index (χ4n) is 1.41. The minimum Gasteiger partial charge on any atom is -0.394 e. The maximum absolute atomic E-state index is 11.8. The summed E-state index contributed by atoms with van der Waals surface area (Å²) in [5.41, 5.74) is 0.461. The predicted octanol–water partition coefficient (Wildman–Crippen LogP) is -0.726. The first kappa shape index (κ1) is 15.1. The monoisotopic (exact) mass is 266 g/mol. The molecule has 0 saturated heterocycles. The van der Waals surface area contributed by atoms with E-state index < -0.39 is 18.0 Å². The molecule has 0 bridgehead atoms. The molecule has 6 heteroatoms. The summed E-state index contributed by atoms with van der Waals surface area (Å²) in [5.74, 6) is -0.815. The topological polar surface area (TPSA) is 98.7 Å². The molecule has 0 heterocycles. The van der Waals surface area contributed by atoms with Gasteiger partial charge in [-0.25, -0.2) is 0 Å². The Morgan fingerprint density at radius 1 is 1.11 bits per heavy atom. The van der Waals surface area contributed by atoms with E-state index in [9.17, 15) is 9.59 Å². The van der Waals surface area contributed by atoms with Crippen molar-refractivity contribution < 1.29 is 19.8 Å². The number of benzene rings is 1. The summed E-state index contributed by atoms with van der Waals surface area (Å²) in [6, 6.07) is 7.06. The van der Waals surface area contributed by atoms with Gasteiger partial charge in [0.1, 0.15) is 6.04 Å². The average Bonchev–Trinajstić information content (AvgIpc) is 2.45. The predicted molar refractivity (Wildman–Crippen MR) is 69.5 cm³/mol. The van der Waals surface area contributed by atoms with E-state index in [1.807, 2.05) is 0 Å². The van der Waals surface area contributed by atoms with Crippen LogP contribution in [0.15, 0.2) is 30.3 Å². The maximum atomic E-state index is 11.8. The molecule has 2 amide bonds. The van der Waals surface area contributed by atoms with E-state index in [1.165, 1.54) is 6.92 Å². The van der Waals surface area contributed by atoms with Crippen molar-refractivity contribution in [2.45, 2.75) is 19.0 Å². The van der Waals surface area contributed by atoms with Gasteiger partial charge in [-0.3, -0.25) is 9.59 Å². The third-order valence-corrected chi connectivity index (χ3v) is 2.56. The van der Waals surface area contributed by atoms with Gasteiger partial charge in [-0.1, -0.05) is 18.2 Å². The maximum Gasteiger partial charge on any atom is 0.251 e. The largest absolute Gasteiger partial charge is 0.394 e. The molecular weight excluding hydrogens is 248 g/mol. The number of aliphatic hydroxyl groups is 2. The molecule has 1 atom stereocenters. The summed E-state index contributed by atoms with van der Waals surface area (Å²) in [6.45, 7) is 0.811. The molecule has 0 saturated carbocycles. The van der Waals surface area contributed by atoms with Gasteiger partial charge in [0.05, 0.1) is 19.3 Å². The Morgan fingerprint density at radius 2 is 1.68 bits per heavy atom. The normalized spacial score (nSPS) is 12.0. The van der Waals surface area contributed by atoms with E-state index in [-0.39, 0.29) is 19.1 Å². The molecule has 4 N–H and O–H groups in total. The van der Waals surface area contributed by atoms with Gasteiger partial charge in [0.15, 0.2) is 0 Å². The minimum atomic E-state index is -0.756. The summed E-state index contributed by atoms with van der Waals surface area (Å²) in [6.07, 6.45) is 0. The second-order valence-corrected chi connectivity index (χ2v) is 4.13. The van der Waals surface area contributed by atoms with Crippen LogP contribution in [0.1, 0.15) is 17.3 Å². The molecule has 1 aromatic carbocycles. The quantitative estimate of drug-likeness (QED) is 0.546.